The highest BCUT2D eigenvalue weighted by atomic mass is 19.4. The van der Waals surface area contributed by atoms with E-state index < -0.39 is 30.4 Å². The molecule has 11 heteroatoms. The minimum absolute atomic E-state index is 0.218. The molecule has 0 spiro atoms. The van der Waals surface area contributed by atoms with Crippen LogP contribution in [-0.4, -0.2) is 35.9 Å². The fourth-order valence-electron chi connectivity index (χ4n) is 2.65. The van der Waals surface area contributed by atoms with Crippen molar-refractivity contribution < 1.29 is 35.8 Å². The van der Waals surface area contributed by atoms with Crippen LogP contribution >= 0.6 is 0 Å². The van der Waals surface area contributed by atoms with E-state index in [0.717, 1.165) is 19.3 Å². The number of alkyl halides is 6. The zero-order valence-electron chi connectivity index (χ0n) is 17.1. The van der Waals surface area contributed by atoms with Crippen molar-refractivity contribution in [3.63, 3.8) is 0 Å². The van der Waals surface area contributed by atoms with Crippen LogP contribution < -0.4 is 14.4 Å². The Hall–Kier alpha value is -2.72. The predicted molar refractivity (Wildman–Crippen MR) is 103 cm³/mol. The van der Waals surface area contributed by atoms with E-state index in [1.54, 1.807) is 31.2 Å². The number of nitrogens with zero attached hydrogens (tertiary/aromatic N) is 3. The van der Waals surface area contributed by atoms with Crippen LogP contribution in [-0.2, 0) is 6.18 Å². The van der Waals surface area contributed by atoms with Crippen LogP contribution in [0, 0.1) is 0 Å². The summed E-state index contributed by atoms with van der Waals surface area (Å²) in [4.78, 5) is 8.76. The van der Waals surface area contributed by atoms with E-state index >= 15 is 0 Å². The van der Waals surface area contributed by atoms with Crippen LogP contribution in [0.1, 0.15) is 38.7 Å². The molecule has 0 unspecified atom stereocenters. The van der Waals surface area contributed by atoms with Gasteiger partial charge in [-0.3, -0.25) is 0 Å². The number of ether oxygens (including phenoxy) is 2. The number of aromatic nitrogens is 2. The molecule has 31 heavy (non-hydrogen) atoms. The van der Waals surface area contributed by atoms with Crippen LogP contribution in [0.3, 0.4) is 0 Å². The van der Waals surface area contributed by atoms with Gasteiger partial charge in [-0.25, -0.2) is 4.98 Å². The number of hydrogen-bond donors (Lipinski definition) is 0. The van der Waals surface area contributed by atoms with Crippen LogP contribution in [0.15, 0.2) is 30.5 Å². The molecule has 0 radical (unpaired) electrons. The van der Waals surface area contributed by atoms with Gasteiger partial charge in [-0.05, 0) is 37.6 Å². The Bertz CT molecular complexity index is 825. The SMILES string of the molecule is CCCCCOc1ccc(N(CC)c2ncc(C(F)(F)F)c(OCC(F)(F)F)n2)cc1. The van der Waals surface area contributed by atoms with Gasteiger partial charge in [0.25, 0.3) is 0 Å². The number of rotatable bonds is 10. The minimum Gasteiger partial charge on any atom is -0.494 e. The van der Waals surface area contributed by atoms with Gasteiger partial charge in [0.2, 0.25) is 11.8 Å². The smallest absolute Gasteiger partial charge is 0.423 e. The molecule has 1 aromatic heterocycles. The number of unbranched alkanes of at least 4 members (excludes halogenated alkanes) is 2. The number of hydrogen-bond acceptors (Lipinski definition) is 5. The van der Waals surface area contributed by atoms with Gasteiger partial charge in [-0.15, -0.1) is 0 Å². The highest BCUT2D eigenvalue weighted by molar-refractivity contribution is 5.58. The minimum atomic E-state index is -4.97. The zero-order chi connectivity index (χ0) is 23.1. The number of halogens is 6. The maximum Gasteiger partial charge on any atom is 0.423 e. The molecule has 0 bridgehead atoms. The summed E-state index contributed by atoms with van der Waals surface area (Å²) in [6.45, 7) is 2.69. The topological polar surface area (TPSA) is 47.5 Å². The Balaban J connectivity index is 2.25. The van der Waals surface area contributed by atoms with Gasteiger partial charge >= 0.3 is 12.4 Å². The van der Waals surface area contributed by atoms with Crippen LogP contribution in [0.4, 0.5) is 38.0 Å². The van der Waals surface area contributed by atoms with Gasteiger partial charge in [-0.1, -0.05) is 19.8 Å². The summed E-state index contributed by atoms with van der Waals surface area (Å²) in [7, 11) is 0. The van der Waals surface area contributed by atoms with E-state index in [4.69, 9.17) is 4.74 Å². The zero-order valence-corrected chi connectivity index (χ0v) is 17.1. The molecule has 1 aromatic carbocycles. The number of benzene rings is 1. The quantitative estimate of drug-likeness (QED) is 0.320. The summed E-state index contributed by atoms with van der Waals surface area (Å²) in [6.07, 6.45) is -6.33. The molecule has 172 valence electrons. The van der Waals surface area contributed by atoms with E-state index in [0.29, 0.717) is 24.2 Å². The van der Waals surface area contributed by atoms with Crippen molar-refractivity contribution in [3.05, 3.63) is 36.0 Å². The molecule has 5 nitrogen and oxygen atoms in total. The Kier molecular flexibility index (Phi) is 8.35. The normalized spacial score (nSPS) is 12.0. The predicted octanol–water partition coefficient (Wildman–Crippen LogP) is 6.16. The van der Waals surface area contributed by atoms with Crippen molar-refractivity contribution in [3.8, 4) is 11.6 Å². The van der Waals surface area contributed by atoms with E-state index in [-0.39, 0.29) is 12.5 Å². The molecule has 0 saturated carbocycles. The summed E-state index contributed by atoms with van der Waals surface area (Å²) in [5.74, 6) is -0.771. The summed E-state index contributed by atoms with van der Waals surface area (Å²) < 4.78 is 86.7. The van der Waals surface area contributed by atoms with Gasteiger partial charge in [0.15, 0.2) is 6.61 Å². The maximum atomic E-state index is 13.1. The average molecular weight is 451 g/mol. The van der Waals surface area contributed by atoms with Gasteiger partial charge in [0.05, 0.1) is 6.61 Å². The van der Waals surface area contributed by atoms with E-state index in [1.807, 2.05) is 0 Å². The second-order valence-corrected chi connectivity index (χ2v) is 6.58. The first kappa shape index (κ1) is 24.5. The summed E-state index contributed by atoms with van der Waals surface area (Å²) >= 11 is 0. The Morgan fingerprint density at radius 3 is 2.16 bits per heavy atom. The molecule has 0 atom stereocenters. The van der Waals surface area contributed by atoms with Gasteiger partial charge < -0.3 is 14.4 Å². The third-order valence-corrected chi connectivity index (χ3v) is 4.14. The Morgan fingerprint density at radius 1 is 0.935 bits per heavy atom. The highest BCUT2D eigenvalue weighted by Gasteiger charge is 2.38. The van der Waals surface area contributed by atoms with Crippen LogP contribution in [0.25, 0.3) is 0 Å². The lowest BCUT2D eigenvalue weighted by Gasteiger charge is -2.23. The molecular formula is C20H23F6N3O2. The van der Waals surface area contributed by atoms with Crippen molar-refractivity contribution >= 4 is 11.6 Å². The van der Waals surface area contributed by atoms with Gasteiger partial charge in [0.1, 0.15) is 11.3 Å². The summed E-state index contributed by atoms with van der Waals surface area (Å²) in [6, 6.07) is 6.70. The second kappa shape index (κ2) is 10.5. The second-order valence-electron chi connectivity index (χ2n) is 6.58. The summed E-state index contributed by atoms with van der Waals surface area (Å²) in [5, 5.41) is 0. The van der Waals surface area contributed by atoms with E-state index in [1.165, 1.54) is 4.90 Å². The largest absolute Gasteiger partial charge is 0.494 e. The lowest BCUT2D eigenvalue weighted by molar-refractivity contribution is -0.159. The Morgan fingerprint density at radius 2 is 1.61 bits per heavy atom. The fraction of sp³-hybridized carbons (Fsp3) is 0.500. The van der Waals surface area contributed by atoms with Crippen LogP contribution in [0.5, 0.6) is 11.6 Å². The molecule has 0 N–H and O–H groups in total. The number of anilines is 2. The van der Waals surface area contributed by atoms with E-state index in [9.17, 15) is 26.3 Å². The first-order chi connectivity index (χ1) is 14.5. The molecule has 0 aliphatic rings. The molecular weight excluding hydrogens is 428 g/mol. The Labute approximate surface area is 176 Å². The lowest BCUT2D eigenvalue weighted by atomic mass is 10.2. The van der Waals surface area contributed by atoms with Crippen molar-refractivity contribution in [2.24, 2.45) is 0 Å². The molecule has 0 fully saturated rings. The van der Waals surface area contributed by atoms with Crippen molar-refractivity contribution in [1.82, 2.24) is 9.97 Å². The van der Waals surface area contributed by atoms with Crippen molar-refractivity contribution in [1.29, 1.82) is 0 Å². The average Bonchev–Trinajstić information content (AvgIpc) is 2.70. The van der Waals surface area contributed by atoms with Crippen molar-refractivity contribution in [2.45, 2.75) is 45.5 Å². The van der Waals surface area contributed by atoms with Crippen LogP contribution in [0.2, 0.25) is 0 Å². The molecule has 0 aliphatic carbocycles. The lowest BCUT2D eigenvalue weighted by Crippen LogP contribution is -2.24. The summed E-state index contributed by atoms with van der Waals surface area (Å²) in [5.41, 5.74) is -0.947. The first-order valence-electron chi connectivity index (χ1n) is 9.69. The van der Waals surface area contributed by atoms with Gasteiger partial charge in [0, 0.05) is 18.4 Å². The fourth-order valence-corrected chi connectivity index (χ4v) is 2.65. The molecule has 0 saturated heterocycles. The monoisotopic (exact) mass is 451 g/mol. The van der Waals surface area contributed by atoms with Crippen molar-refractivity contribution in [2.75, 3.05) is 24.7 Å². The maximum absolute atomic E-state index is 13.1. The third-order valence-electron chi connectivity index (χ3n) is 4.14. The molecule has 0 aliphatic heterocycles. The third kappa shape index (κ3) is 7.48. The first-order valence-corrected chi connectivity index (χ1v) is 9.69. The van der Waals surface area contributed by atoms with Gasteiger partial charge in [-0.2, -0.15) is 31.3 Å². The molecule has 1 heterocycles. The van der Waals surface area contributed by atoms with E-state index in [2.05, 4.69) is 21.6 Å². The standard InChI is InChI=1S/C20H23F6N3O2/c1-3-5-6-11-30-15-9-7-14(8-10-15)29(4-2)18-27-12-16(20(24,25)26)17(28-18)31-13-19(21,22)23/h7-10,12H,3-6,11,13H2,1-2H3. The highest BCUT2D eigenvalue weighted by Crippen LogP contribution is 2.37. The molecule has 0 amide bonds. The molecule has 2 aromatic rings. The molecule has 2 rings (SSSR count).